The van der Waals surface area contributed by atoms with Gasteiger partial charge in [-0.3, -0.25) is 4.98 Å². The summed E-state index contributed by atoms with van der Waals surface area (Å²) in [5, 5.41) is 3.51. The molecule has 1 aromatic heterocycles. The number of hydrogen-bond donors (Lipinski definition) is 1. The molecule has 3 heteroatoms. The largest absolute Gasteiger partial charge is 0.494 e. The zero-order valence-electron chi connectivity index (χ0n) is 12.4. The summed E-state index contributed by atoms with van der Waals surface area (Å²) in [4.78, 5) is 4.40. The molecule has 0 aliphatic heterocycles. The Labute approximate surface area is 121 Å². The third-order valence-corrected chi connectivity index (χ3v) is 3.21. The van der Waals surface area contributed by atoms with E-state index in [1.807, 2.05) is 44.3 Å². The number of hydrogen-bond acceptors (Lipinski definition) is 3. The van der Waals surface area contributed by atoms with Crippen LogP contribution in [0.25, 0.3) is 0 Å². The predicted octanol–water partition coefficient (Wildman–Crippen LogP) is 3.49. The van der Waals surface area contributed by atoms with Crippen LogP contribution < -0.4 is 10.1 Å². The van der Waals surface area contributed by atoms with Crippen LogP contribution in [0.3, 0.4) is 0 Å². The summed E-state index contributed by atoms with van der Waals surface area (Å²) >= 11 is 0. The molecule has 0 aliphatic rings. The van der Waals surface area contributed by atoms with Crippen LogP contribution >= 0.6 is 0 Å². The van der Waals surface area contributed by atoms with Gasteiger partial charge in [0.05, 0.1) is 12.6 Å². The number of aryl methyl sites for hydroxylation is 1. The lowest BCUT2D eigenvalue weighted by atomic mass is 9.99. The Hall–Kier alpha value is -1.87. The minimum absolute atomic E-state index is 0.107. The molecule has 0 saturated heterocycles. The van der Waals surface area contributed by atoms with Crippen LogP contribution in [0.1, 0.15) is 36.7 Å². The van der Waals surface area contributed by atoms with Crippen LogP contribution in [-0.2, 0) is 0 Å². The van der Waals surface area contributed by atoms with E-state index in [0.29, 0.717) is 6.61 Å². The maximum absolute atomic E-state index is 5.75. The summed E-state index contributed by atoms with van der Waals surface area (Å²) in [6.45, 7) is 7.67. The molecular formula is C17H22N2O. The average molecular weight is 270 g/mol. The molecule has 0 fully saturated rings. The van der Waals surface area contributed by atoms with E-state index >= 15 is 0 Å². The zero-order chi connectivity index (χ0) is 14.4. The van der Waals surface area contributed by atoms with Gasteiger partial charge >= 0.3 is 0 Å². The number of aromatic nitrogens is 1. The second-order valence-corrected chi connectivity index (χ2v) is 4.69. The molecule has 1 unspecified atom stereocenters. The van der Waals surface area contributed by atoms with E-state index in [4.69, 9.17) is 4.74 Å². The van der Waals surface area contributed by atoms with Gasteiger partial charge < -0.3 is 10.1 Å². The maximum Gasteiger partial charge on any atom is 0.124 e. The number of pyridine rings is 1. The minimum atomic E-state index is 0.107. The highest BCUT2D eigenvalue weighted by Gasteiger charge is 2.17. The first-order valence-electron chi connectivity index (χ1n) is 7.14. The van der Waals surface area contributed by atoms with Crippen molar-refractivity contribution in [3.8, 4) is 5.75 Å². The summed E-state index contributed by atoms with van der Waals surface area (Å²) in [5.74, 6) is 0.932. The summed E-state index contributed by atoms with van der Waals surface area (Å²) in [5.41, 5.74) is 3.34. The fraction of sp³-hybridized carbons (Fsp3) is 0.353. The predicted molar refractivity (Wildman–Crippen MR) is 82.1 cm³/mol. The Morgan fingerprint density at radius 3 is 2.60 bits per heavy atom. The van der Waals surface area contributed by atoms with E-state index in [9.17, 15) is 0 Å². The molecule has 0 amide bonds. The molecule has 0 bridgehead atoms. The van der Waals surface area contributed by atoms with E-state index in [1.54, 1.807) is 0 Å². The van der Waals surface area contributed by atoms with Crippen molar-refractivity contribution in [2.24, 2.45) is 0 Å². The Morgan fingerprint density at radius 1 is 1.15 bits per heavy atom. The molecule has 2 aromatic rings. The highest BCUT2D eigenvalue weighted by atomic mass is 16.5. The molecule has 1 N–H and O–H groups in total. The van der Waals surface area contributed by atoms with E-state index in [0.717, 1.165) is 29.1 Å². The molecule has 1 aromatic carbocycles. The molecule has 106 valence electrons. The molecule has 3 nitrogen and oxygen atoms in total. The first kappa shape index (κ1) is 14.5. The number of para-hydroxylation sites is 1. The Balaban J connectivity index is 2.40. The number of nitrogens with zero attached hydrogens (tertiary/aromatic N) is 1. The lowest BCUT2D eigenvalue weighted by Crippen LogP contribution is -2.22. The van der Waals surface area contributed by atoms with Crippen molar-refractivity contribution in [3.63, 3.8) is 0 Å². The van der Waals surface area contributed by atoms with Crippen LogP contribution in [0, 0.1) is 6.92 Å². The molecule has 0 aliphatic carbocycles. The van der Waals surface area contributed by atoms with Crippen LogP contribution in [0.2, 0.25) is 0 Å². The number of ether oxygens (including phenoxy) is 1. The SMILES string of the molecule is CCNC(c1ccc(C)nc1)c1ccccc1OCC. The lowest BCUT2D eigenvalue weighted by Gasteiger charge is -2.21. The van der Waals surface area contributed by atoms with Crippen LogP contribution in [-0.4, -0.2) is 18.1 Å². The molecule has 1 heterocycles. The number of nitrogens with one attached hydrogen (secondary N) is 1. The third kappa shape index (κ3) is 3.36. The normalized spacial score (nSPS) is 12.2. The highest BCUT2D eigenvalue weighted by molar-refractivity contribution is 5.41. The van der Waals surface area contributed by atoms with Crippen molar-refractivity contribution in [3.05, 3.63) is 59.4 Å². The van der Waals surface area contributed by atoms with E-state index in [-0.39, 0.29) is 6.04 Å². The van der Waals surface area contributed by atoms with Crippen molar-refractivity contribution in [1.29, 1.82) is 0 Å². The third-order valence-electron chi connectivity index (χ3n) is 3.21. The molecule has 20 heavy (non-hydrogen) atoms. The number of rotatable bonds is 6. The minimum Gasteiger partial charge on any atom is -0.494 e. The van der Waals surface area contributed by atoms with Gasteiger partial charge in [-0.1, -0.05) is 31.2 Å². The molecule has 2 rings (SSSR count). The van der Waals surface area contributed by atoms with Gasteiger partial charge in [0.15, 0.2) is 0 Å². The van der Waals surface area contributed by atoms with Crippen LogP contribution in [0.4, 0.5) is 0 Å². The quantitative estimate of drug-likeness (QED) is 0.872. The summed E-state index contributed by atoms with van der Waals surface area (Å²) in [7, 11) is 0. The van der Waals surface area contributed by atoms with E-state index in [2.05, 4.69) is 29.4 Å². The van der Waals surface area contributed by atoms with Crippen LogP contribution in [0.5, 0.6) is 5.75 Å². The highest BCUT2D eigenvalue weighted by Crippen LogP contribution is 2.29. The second-order valence-electron chi connectivity index (χ2n) is 4.69. The van der Waals surface area contributed by atoms with Gasteiger partial charge in [-0.2, -0.15) is 0 Å². The van der Waals surface area contributed by atoms with Gasteiger partial charge in [-0.25, -0.2) is 0 Å². The summed E-state index contributed by atoms with van der Waals surface area (Å²) in [6.07, 6.45) is 1.94. The van der Waals surface area contributed by atoms with Crippen molar-refractivity contribution < 1.29 is 4.74 Å². The van der Waals surface area contributed by atoms with Gasteiger partial charge in [0, 0.05) is 17.5 Å². The van der Waals surface area contributed by atoms with Crippen LogP contribution in [0.15, 0.2) is 42.6 Å². The lowest BCUT2D eigenvalue weighted by molar-refractivity contribution is 0.333. The van der Waals surface area contributed by atoms with Gasteiger partial charge in [0.1, 0.15) is 5.75 Å². The fourth-order valence-corrected chi connectivity index (χ4v) is 2.27. The second kappa shape index (κ2) is 7.06. The van der Waals surface area contributed by atoms with Gasteiger partial charge in [-0.15, -0.1) is 0 Å². The van der Waals surface area contributed by atoms with Gasteiger partial charge in [0.25, 0.3) is 0 Å². The van der Waals surface area contributed by atoms with Crippen molar-refractivity contribution in [2.75, 3.05) is 13.2 Å². The average Bonchev–Trinajstić information content (AvgIpc) is 2.47. The Bertz CT molecular complexity index is 537. The molecule has 0 radical (unpaired) electrons. The number of benzene rings is 1. The Kier molecular flexibility index (Phi) is 5.13. The maximum atomic E-state index is 5.75. The zero-order valence-corrected chi connectivity index (χ0v) is 12.4. The van der Waals surface area contributed by atoms with Gasteiger partial charge in [-0.05, 0) is 38.1 Å². The van der Waals surface area contributed by atoms with Gasteiger partial charge in [0.2, 0.25) is 0 Å². The van der Waals surface area contributed by atoms with E-state index < -0.39 is 0 Å². The monoisotopic (exact) mass is 270 g/mol. The molecule has 0 spiro atoms. The molecule has 1 atom stereocenters. The first-order valence-corrected chi connectivity index (χ1v) is 7.14. The Morgan fingerprint density at radius 2 is 1.95 bits per heavy atom. The first-order chi connectivity index (χ1) is 9.76. The van der Waals surface area contributed by atoms with Crippen molar-refractivity contribution in [1.82, 2.24) is 10.3 Å². The smallest absolute Gasteiger partial charge is 0.124 e. The fourth-order valence-electron chi connectivity index (χ4n) is 2.27. The standard InChI is InChI=1S/C17H22N2O/c1-4-18-17(14-11-10-13(3)19-12-14)15-8-6-7-9-16(15)20-5-2/h6-12,17-18H,4-5H2,1-3H3. The molecular weight excluding hydrogens is 248 g/mol. The summed E-state index contributed by atoms with van der Waals surface area (Å²) < 4.78 is 5.75. The van der Waals surface area contributed by atoms with Crippen molar-refractivity contribution >= 4 is 0 Å². The van der Waals surface area contributed by atoms with E-state index in [1.165, 1.54) is 0 Å². The molecule has 0 saturated carbocycles. The summed E-state index contributed by atoms with van der Waals surface area (Å²) in [6, 6.07) is 12.5. The topological polar surface area (TPSA) is 34.2 Å². The van der Waals surface area contributed by atoms with Crippen molar-refractivity contribution in [2.45, 2.75) is 26.8 Å².